The first kappa shape index (κ1) is 82.0. The number of aliphatic hydroxyl groups excluding tert-OH is 1. The molecule has 4 N–H and O–H groups in total. The lowest BCUT2D eigenvalue weighted by Crippen LogP contribution is -2.54. The van der Waals surface area contributed by atoms with E-state index in [2.05, 4.69) is 39.4 Å². The normalized spacial score (nSPS) is 22.2. The van der Waals surface area contributed by atoms with Crippen molar-refractivity contribution in [3.8, 4) is 34.5 Å². The quantitative estimate of drug-likeness (QED) is 0.0589. The van der Waals surface area contributed by atoms with Crippen molar-refractivity contribution in [2.24, 2.45) is 23.7 Å². The zero-order valence-electron chi connectivity index (χ0n) is 62.7. The molecule has 16 rings (SSSR count). The van der Waals surface area contributed by atoms with Crippen LogP contribution in [0.5, 0.6) is 34.5 Å². The number of carboxylic acids is 1. The van der Waals surface area contributed by atoms with Crippen molar-refractivity contribution in [3.05, 3.63) is 176 Å². The number of aliphatic carboxylic acids is 1. The van der Waals surface area contributed by atoms with E-state index in [-0.39, 0.29) is 42.2 Å². The van der Waals surface area contributed by atoms with Gasteiger partial charge in [-0.2, -0.15) is 0 Å². The van der Waals surface area contributed by atoms with Gasteiger partial charge in [-0.3, -0.25) is 19.2 Å². The summed E-state index contributed by atoms with van der Waals surface area (Å²) >= 11 is 23.9. The number of hydrogen-bond donors (Lipinski definition) is 4. The molecular weight excluding hydrogens is 1450 g/mol. The monoisotopic (exact) mass is 1560 g/mol. The van der Waals surface area contributed by atoms with Crippen molar-refractivity contribution in [1.82, 2.24) is 20.0 Å². The van der Waals surface area contributed by atoms with E-state index in [1.165, 1.54) is 94.5 Å². The van der Waals surface area contributed by atoms with Crippen LogP contribution in [0, 0.1) is 23.7 Å². The molecule has 10 aliphatic rings. The molecule has 8 fully saturated rings. The predicted molar refractivity (Wildman–Crippen MR) is 421 cm³/mol. The SMILES string of the molecule is CCOC(=O)[C@@H]1CCCN(C(=O)C2(c3ccc(Cl)cc3)CCC2)C1.CCOC(=O)[C@@H]1CCCNC1.Clc1ccc(C2(CN3CCC[C@@H](COc4ccc5c(c4)OCO5)C3)CCC2)cc1.O=C(O)C1(c2ccc(Cl)cc2)CCC1.OC[C@@H]1CCCN(CC2(c3ccc(Cl)cc3)CCC2)C1.Oc1ccc2c(c1)OCO2. The molecule has 4 aliphatic carbocycles. The molecule has 0 unspecified atom stereocenters. The van der Waals surface area contributed by atoms with E-state index < -0.39 is 16.8 Å². The van der Waals surface area contributed by atoms with E-state index in [0.717, 1.165) is 155 Å². The summed E-state index contributed by atoms with van der Waals surface area (Å²) in [5.41, 5.74) is 4.39. The minimum atomic E-state index is -0.717. The summed E-state index contributed by atoms with van der Waals surface area (Å²) in [4.78, 5) is 54.7. The molecule has 0 spiro atoms. The van der Waals surface area contributed by atoms with Crippen LogP contribution in [0.2, 0.25) is 20.1 Å². The highest BCUT2D eigenvalue weighted by Crippen LogP contribution is 2.49. The maximum atomic E-state index is 13.3. The Morgan fingerprint density at radius 3 is 1.40 bits per heavy atom. The van der Waals surface area contributed by atoms with E-state index in [1.807, 2.05) is 97.6 Å². The standard InChI is InChI=1S/C24H28ClNO3.C19H24ClNO3.C17H24ClNO.C11H11ClO2.C8H15NO2.C7H6O3/c25-20-6-4-19(5-7-20)24(10-2-11-24)16-26-12-1-3-18(14-26)15-27-21-8-9-22-23(13-21)29-17-28-22;1-2-24-17(22)14-5-3-12-21(13-14)18(23)19(10-4-11-19)15-6-8-16(20)9-7-15;18-16-6-4-15(5-7-16)17(8-2-9-17)13-19-10-1-3-14(11-19)12-20;12-9-4-2-8(3-5-9)11(10(13)14)6-1-7-11;1-2-11-8(10)7-4-3-5-9-6-7;8-5-1-2-6-7(3-5)10-4-9-6/h4-9,13,18H,1-3,10-12,14-17H2;6-9,14H,2-5,10-13H2,1H3;4-7,14,20H,1-3,8-13H2;2-5H,1,6-7H2,(H,13,14);7,9H,2-6H2,1H3;1-3,8H,4H2/t18-;2*14-;;7-;/m111.1./s1. The Morgan fingerprint density at radius 2 is 0.935 bits per heavy atom. The highest BCUT2D eigenvalue weighted by Gasteiger charge is 2.50. The summed E-state index contributed by atoms with van der Waals surface area (Å²) in [6.45, 7) is 16.0. The minimum Gasteiger partial charge on any atom is -0.508 e. The van der Waals surface area contributed by atoms with Gasteiger partial charge in [-0.1, -0.05) is 121 Å². The van der Waals surface area contributed by atoms with Crippen molar-refractivity contribution in [3.63, 3.8) is 0 Å². The lowest BCUT2D eigenvalue weighted by Gasteiger charge is -2.47. The van der Waals surface area contributed by atoms with Crippen molar-refractivity contribution in [1.29, 1.82) is 0 Å². The van der Waals surface area contributed by atoms with Crippen LogP contribution in [0.15, 0.2) is 133 Å². The van der Waals surface area contributed by atoms with Crippen molar-refractivity contribution < 1.29 is 67.7 Å². The molecule has 4 saturated heterocycles. The first-order valence-corrected chi connectivity index (χ1v) is 40.6. The summed E-state index contributed by atoms with van der Waals surface area (Å²) in [5, 5.41) is 33.7. The fourth-order valence-electron chi connectivity index (χ4n) is 16.8. The van der Waals surface area contributed by atoms with Crippen LogP contribution >= 0.6 is 46.4 Å². The molecular formula is C86H108Cl4N4O14. The third-order valence-electron chi connectivity index (χ3n) is 23.5. The summed E-state index contributed by atoms with van der Waals surface area (Å²) in [5.74, 6) is 4.12. The number of nitrogens with zero attached hydrogens (tertiary/aromatic N) is 3. The van der Waals surface area contributed by atoms with Crippen molar-refractivity contribution in [2.75, 3.05) is 105 Å². The number of aromatic hydroxyl groups is 1. The Labute approximate surface area is 657 Å². The number of ether oxygens (including phenoxy) is 7. The van der Waals surface area contributed by atoms with Gasteiger partial charge >= 0.3 is 17.9 Å². The molecule has 6 aromatic carbocycles. The number of piperidine rings is 4. The summed E-state index contributed by atoms with van der Waals surface area (Å²) in [6, 6.07) is 42.3. The number of nitrogens with one attached hydrogen (secondary N) is 1. The lowest BCUT2D eigenvalue weighted by atomic mass is 9.63. The molecule has 4 saturated carbocycles. The van der Waals surface area contributed by atoms with Gasteiger partial charge in [0.25, 0.3) is 0 Å². The number of carbonyl (C=O) groups is 4. The number of carbonyl (C=O) groups excluding carboxylic acids is 3. The number of benzene rings is 6. The molecule has 0 aromatic heterocycles. The highest BCUT2D eigenvalue weighted by molar-refractivity contribution is 6.31. The van der Waals surface area contributed by atoms with E-state index >= 15 is 0 Å². The number of amides is 1. The van der Waals surface area contributed by atoms with Crippen LogP contribution in [-0.2, 0) is 50.3 Å². The molecule has 0 radical (unpaired) electrons. The molecule has 584 valence electrons. The predicted octanol–water partition coefficient (Wildman–Crippen LogP) is 16.8. The van der Waals surface area contributed by atoms with Gasteiger partial charge in [-0.05, 0) is 237 Å². The zero-order chi connectivity index (χ0) is 76.1. The van der Waals surface area contributed by atoms with Gasteiger partial charge in [0, 0.05) is 101 Å². The average molecular weight is 1560 g/mol. The highest BCUT2D eigenvalue weighted by atomic mass is 35.5. The van der Waals surface area contributed by atoms with Gasteiger partial charge < -0.3 is 68.5 Å². The molecule has 6 heterocycles. The Hall–Kier alpha value is -7.00. The number of esters is 2. The number of hydrogen-bond acceptors (Lipinski definition) is 16. The molecule has 6 aromatic rings. The first-order chi connectivity index (χ1) is 52.3. The molecule has 18 nitrogen and oxygen atoms in total. The second-order valence-electron chi connectivity index (χ2n) is 30.6. The molecule has 6 aliphatic heterocycles. The van der Waals surface area contributed by atoms with Crippen molar-refractivity contribution >= 4 is 70.2 Å². The summed E-state index contributed by atoms with van der Waals surface area (Å²) in [6.07, 6.45) is 21.7. The Morgan fingerprint density at radius 1 is 0.491 bits per heavy atom. The van der Waals surface area contributed by atoms with E-state index in [1.54, 1.807) is 24.3 Å². The van der Waals surface area contributed by atoms with E-state index in [4.69, 9.17) is 84.7 Å². The Bertz CT molecular complexity index is 3870. The first-order valence-electron chi connectivity index (χ1n) is 39.1. The van der Waals surface area contributed by atoms with Crippen LogP contribution in [-0.4, -0.2) is 159 Å². The van der Waals surface area contributed by atoms with Gasteiger partial charge in [0.2, 0.25) is 19.5 Å². The Kier molecular flexibility index (Phi) is 29.8. The van der Waals surface area contributed by atoms with Gasteiger partial charge in [0.1, 0.15) is 11.5 Å². The number of aliphatic hydroxyl groups is 1. The molecule has 22 heteroatoms. The lowest BCUT2D eigenvalue weighted by molar-refractivity contribution is -0.153. The summed E-state index contributed by atoms with van der Waals surface area (Å²) in [7, 11) is 0. The molecule has 108 heavy (non-hydrogen) atoms. The van der Waals surface area contributed by atoms with Gasteiger partial charge in [-0.15, -0.1) is 0 Å². The number of halogens is 4. The molecule has 4 atom stereocenters. The number of fused-ring (bicyclic) bond motifs is 2. The number of carboxylic acid groups (broad SMARTS) is 1. The second kappa shape index (κ2) is 39.3. The fourth-order valence-corrected chi connectivity index (χ4v) is 17.3. The van der Waals surface area contributed by atoms with Gasteiger partial charge in [0.05, 0.1) is 42.5 Å². The fraction of sp³-hybridized carbons (Fsp3) is 0.535. The van der Waals surface area contributed by atoms with Crippen LogP contribution in [0.3, 0.4) is 0 Å². The van der Waals surface area contributed by atoms with Crippen LogP contribution < -0.4 is 29.0 Å². The number of likely N-dealkylation sites (tertiary alicyclic amines) is 3. The maximum Gasteiger partial charge on any atom is 0.314 e. The zero-order valence-corrected chi connectivity index (χ0v) is 65.7. The van der Waals surface area contributed by atoms with Gasteiger partial charge in [-0.25, -0.2) is 0 Å². The largest absolute Gasteiger partial charge is 0.508 e. The second-order valence-corrected chi connectivity index (χ2v) is 32.4. The van der Waals surface area contributed by atoms with E-state index in [9.17, 15) is 29.4 Å². The topological polar surface area (TPSA) is 215 Å². The van der Waals surface area contributed by atoms with Crippen molar-refractivity contribution in [2.45, 2.75) is 164 Å². The van der Waals surface area contributed by atoms with E-state index in [0.29, 0.717) is 77.4 Å². The number of phenols is 1. The number of phenolic OH excluding ortho intramolecular Hbond substituents is 1. The van der Waals surface area contributed by atoms with Crippen LogP contribution in [0.1, 0.15) is 165 Å². The average Bonchev–Trinajstić information content (AvgIpc) is 1.32. The third-order valence-corrected chi connectivity index (χ3v) is 24.5. The minimum absolute atomic E-state index is 0.0419. The van der Waals surface area contributed by atoms with Crippen LogP contribution in [0.4, 0.5) is 0 Å². The van der Waals surface area contributed by atoms with Crippen LogP contribution in [0.25, 0.3) is 0 Å². The number of rotatable bonds is 18. The van der Waals surface area contributed by atoms with Gasteiger partial charge in [0.15, 0.2) is 23.0 Å². The maximum absolute atomic E-state index is 13.3. The third kappa shape index (κ3) is 21.2. The molecule has 1 amide bonds. The summed E-state index contributed by atoms with van der Waals surface area (Å²) < 4.78 is 37.0. The smallest absolute Gasteiger partial charge is 0.314 e. The molecule has 0 bridgehead atoms. The Balaban J connectivity index is 0.000000134.